The highest BCUT2D eigenvalue weighted by Crippen LogP contribution is 2.59. The van der Waals surface area contributed by atoms with Gasteiger partial charge in [0.2, 0.25) is 0 Å². The van der Waals surface area contributed by atoms with Gasteiger partial charge < -0.3 is 4.52 Å². The van der Waals surface area contributed by atoms with Crippen molar-refractivity contribution in [2.24, 2.45) is 5.41 Å². The van der Waals surface area contributed by atoms with E-state index < -0.39 is 7.60 Å². The molecule has 4 nitrogen and oxygen atoms in total. The molecule has 0 unspecified atom stereocenters. The van der Waals surface area contributed by atoms with Crippen molar-refractivity contribution >= 4 is 13.0 Å². The van der Waals surface area contributed by atoms with E-state index in [2.05, 4.69) is 4.98 Å². The van der Waals surface area contributed by atoms with Crippen LogP contribution >= 0.6 is 7.60 Å². The van der Waals surface area contributed by atoms with Gasteiger partial charge in [0, 0.05) is 11.6 Å². The lowest BCUT2D eigenvalue weighted by molar-refractivity contribution is -0.0230. The SMILES string of the molecule is CC1(C)CO[P@@](=O)(c2ccccn2)O[C@H]1c1ccccc1. The predicted octanol–water partition coefficient (Wildman–Crippen LogP) is 3.71. The summed E-state index contributed by atoms with van der Waals surface area (Å²) in [6.07, 6.45) is 1.30. The van der Waals surface area contributed by atoms with Crippen molar-refractivity contribution in [1.29, 1.82) is 0 Å². The van der Waals surface area contributed by atoms with Gasteiger partial charge in [0.15, 0.2) is 5.44 Å². The van der Waals surface area contributed by atoms with Gasteiger partial charge in [-0.2, -0.15) is 0 Å². The lowest BCUT2D eigenvalue weighted by Gasteiger charge is -2.41. The lowest BCUT2D eigenvalue weighted by Crippen LogP contribution is -2.35. The maximum absolute atomic E-state index is 13.0. The third-order valence-corrected chi connectivity index (χ3v) is 5.38. The number of nitrogens with zero attached hydrogens (tertiary/aromatic N) is 1. The Morgan fingerprint density at radius 1 is 1.14 bits per heavy atom. The van der Waals surface area contributed by atoms with Crippen LogP contribution in [-0.2, 0) is 13.6 Å². The third-order valence-electron chi connectivity index (χ3n) is 3.59. The average molecular weight is 303 g/mol. The fraction of sp³-hybridized carbons (Fsp3) is 0.312. The molecule has 0 amide bonds. The molecule has 3 rings (SSSR count). The first-order valence-corrected chi connectivity index (χ1v) is 8.45. The molecular formula is C16H18NO3P. The molecule has 0 aliphatic carbocycles. The minimum absolute atomic E-state index is 0.260. The van der Waals surface area contributed by atoms with Gasteiger partial charge in [-0.1, -0.05) is 50.2 Å². The standard InChI is InChI=1S/C16H18NO3P/c1-16(2)12-19-21(18,14-10-6-7-11-17-14)20-15(16)13-8-4-3-5-9-13/h3-11,15H,12H2,1-2H3/t15-,21-/m0/s1. The van der Waals surface area contributed by atoms with Gasteiger partial charge in [0.25, 0.3) is 0 Å². The van der Waals surface area contributed by atoms with E-state index in [-0.39, 0.29) is 11.5 Å². The van der Waals surface area contributed by atoms with Crippen LogP contribution in [0.25, 0.3) is 0 Å². The molecule has 1 aromatic carbocycles. The summed E-state index contributed by atoms with van der Waals surface area (Å²) in [6, 6.07) is 15.1. The van der Waals surface area contributed by atoms with Crippen LogP contribution < -0.4 is 5.44 Å². The smallest absolute Gasteiger partial charge is 0.303 e. The van der Waals surface area contributed by atoms with Crippen molar-refractivity contribution < 1.29 is 13.6 Å². The van der Waals surface area contributed by atoms with Crippen LogP contribution in [0.1, 0.15) is 25.5 Å². The van der Waals surface area contributed by atoms with E-state index in [4.69, 9.17) is 9.05 Å². The van der Waals surface area contributed by atoms with Crippen LogP contribution in [0.15, 0.2) is 54.7 Å². The maximum atomic E-state index is 13.0. The fourth-order valence-electron chi connectivity index (χ4n) is 2.41. The number of rotatable bonds is 2. The summed E-state index contributed by atoms with van der Waals surface area (Å²) in [7, 11) is -3.38. The number of pyridine rings is 1. The van der Waals surface area contributed by atoms with Gasteiger partial charge in [-0.15, -0.1) is 0 Å². The highest BCUT2D eigenvalue weighted by Gasteiger charge is 2.46. The van der Waals surface area contributed by atoms with Crippen LogP contribution in [0.2, 0.25) is 0 Å². The minimum atomic E-state index is -3.38. The maximum Gasteiger partial charge on any atom is 0.380 e. The van der Waals surface area contributed by atoms with E-state index in [9.17, 15) is 4.57 Å². The highest BCUT2D eigenvalue weighted by atomic mass is 31.2. The van der Waals surface area contributed by atoms with E-state index in [1.54, 1.807) is 24.4 Å². The minimum Gasteiger partial charge on any atom is -0.303 e. The number of aromatic nitrogens is 1. The number of hydrogen-bond donors (Lipinski definition) is 0. The zero-order valence-corrected chi connectivity index (χ0v) is 13.0. The molecule has 0 spiro atoms. The summed E-state index contributed by atoms with van der Waals surface area (Å²) in [5.41, 5.74) is 1.10. The molecule has 5 heteroatoms. The van der Waals surface area contributed by atoms with Crippen LogP contribution in [0.4, 0.5) is 0 Å². The Labute approximate surface area is 124 Å². The molecule has 0 radical (unpaired) electrons. The van der Waals surface area contributed by atoms with Crippen molar-refractivity contribution in [3.05, 3.63) is 60.3 Å². The summed E-state index contributed by atoms with van der Waals surface area (Å²) in [4.78, 5) is 4.14. The first-order valence-electron chi connectivity index (χ1n) is 6.91. The van der Waals surface area contributed by atoms with E-state index in [0.29, 0.717) is 12.0 Å². The fourth-order valence-corrected chi connectivity index (χ4v) is 4.38. The predicted molar refractivity (Wildman–Crippen MR) is 81.5 cm³/mol. The molecule has 2 aromatic rings. The van der Waals surface area contributed by atoms with Gasteiger partial charge in [-0.3, -0.25) is 9.09 Å². The molecule has 110 valence electrons. The quantitative estimate of drug-likeness (QED) is 0.793. The van der Waals surface area contributed by atoms with Gasteiger partial charge >= 0.3 is 7.60 Å². The number of hydrogen-bond acceptors (Lipinski definition) is 4. The molecule has 1 saturated heterocycles. The number of benzene rings is 1. The molecule has 0 bridgehead atoms. The second-order valence-corrected chi connectivity index (χ2v) is 7.77. The monoisotopic (exact) mass is 303 g/mol. The molecule has 1 aliphatic heterocycles. The molecule has 0 N–H and O–H groups in total. The summed E-state index contributed by atoms with van der Waals surface area (Å²) >= 11 is 0. The molecule has 1 aliphatic rings. The van der Waals surface area contributed by atoms with E-state index in [1.807, 2.05) is 44.2 Å². The Morgan fingerprint density at radius 2 is 1.86 bits per heavy atom. The van der Waals surface area contributed by atoms with Gasteiger partial charge in [0.1, 0.15) is 0 Å². The summed E-state index contributed by atoms with van der Waals surface area (Å²) in [6.45, 7) is 4.46. The van der Waals surface area contributed by atoms with Gasteiger partial charge in [-0.25, -0.2) is 4.98 Å². The Balaban J connectivity index is 1.98. The second kappa shape index (κ2) is 5.38. The van der Waals surface area contributed by atoms with Crippen molar-refractivity contribution in [1.82, 2.24) is 4.98 Å². The van der Waals surface area contributed by atoms with Crippen molar-refractivity contribution in [2.45, 2.75) is 20.0 Å². The van der Waals surface area contributed by atoms with Gasteiger partial charge in [0.05, 0.1) is 12.7 Å². The Bertz CT molecular complexity index is 658. The Morgan fingerprint density at radius 3 is 2.52 bits per heavy atom. The van der Waals surface area contributed by atoms with Crippen LogP contribution in [0.5, 0.6) is 0 Å². The van der Waals surface area contributed by atoms with E-state index in [0.717, 1.165) is 5.56 Å². The van der Waals surface area contributed by atoms with Gasteiger partial charge in [-0.05, 0) is 17.7 Å². The topological polar surface area (TPSA) is 48.4 Å². The molecular weight excluding hydrogens is 285 g/mol. The molecule has 2 heterocycles. The van der Waals surface area contributed by atoms with Crippen molar-refractivity contribution in [3.8, 4) is 0 Å². The highest BCUT2D eigenvalue weighted by molar-refractivity contribution is 7.62. The van der Waals surface area contributed by atoms with Crippen LogP contribution in [0.3, 0.4) is 0 Å². The first-order chi connectivity index (χ1) is 10.0. The second-order valence-electron chi connectivity index (χ2n) is 5.84. The van der Waals surface area contributed by atoms with Crippen molar-refractivity contribution in [2.75, 3.05) is 6.61 Å². The van der Waals surface area contributed by atoms with E-state index >= 15 is 0 Å². The van der Waals surface area contributed by atoms with Crippen LogP contribution in [-0.4, -0.2) is 11.6 Å². The summed E-state index contributed by atoms with van der Waals surface area (Å²) < 4.78 is 24.5. The zero-order valence-electron chi connectivity index (χ0n) is 12.1. The molecule has 0 saturated carbocycles. The van der Waals surface area contributed by atoms with Crippen LogP contribution in [0, 0.1) is 5.41 Å². The largest absolute Gasteiger partial charge is 0.380 e. The summed E-state index contributed by atoms with van der Waals surface area (Å²) in [5, 5.41) is 0. The molecule has 1 aromatic heterocycles. The first kappa shape index (κ1) is 14.5. The van der Waals surface area contributed by atoms with Crippen molar-refractivity contribution in [3.63, 3.8) is 0 Å². The average Bonchev–Trinajstić information content (AvgIpc) is 2.52. The third kappa shape index (κ3) is 2.80. The molecule has 21 heavy (non-hydrogen) atoms. The molecule has 2 atom stereocenters. The van der Waals surface area contributed by atoms with E-state index in [1.165, 1.54) is 0 Å². The lowest BCUT2D eigenvalue weighted by atomic mass is 9.83. The molecule has 1 fully saturated rings. The zero-order chi connectivity index (χ0) is 14.9. The normalized spacial score (nSPS) is 28.2. The Kier molecular flexibility index (Phi) is 3.70. The summed E-state index contributed by atoms with van der Waals surface area (Å²) in [5.74, 6) is 0. The Hall–Kier alpha value is -1.48.